The lowest BCUT2D eigenvalue weighted by Crippen LogP contribution is -2.48. The van der Waals surface area contributed by atoms with Crippen molar-refractivity contribution in [2.24, 2.45) is 5.73 Å². The van der Waals surface area contributed by atoms with E-state index in [1.807, 2.05) is 12.1 Å². The molecule has 1 aliphatic heterocycles. The smallest absolute Gasteiger partial charge is 0.0599 e. The summed E-state index contributed by atoms with van der Waals surface area (Å²) < 4.78 is 5.46. The summed E-state index contributed by atoms with van der Waals surface area (Å²) in [4.78, 5) is 2.46. The zero-order valence-corrected chi connectivity index (χ0v) is 13.7. The number of ether oxygens (including phenoxy) is 1. The number of aryl methyl sites for hydroxylation is 1. The maximum Gasteiger partial charge on any atom is 0.0599 e. The standard InChI is InChI=1S/C15H23ClN2O.ClH/c1-11-7-13(16)4-3-12(11)10-18-6-5-15(19-2)8-14(18)9-17;/h3-4,7,14-15H,5-6,8-10,17H2,1-2H3;1H. The van der Waals surface area contributed by atoms with E-state index in [-0.39, 0.29) is 12.4 Å². The van der Waals surface area contributed by atoms with E-state index in [4.69, 9.17) is 22.1 Å². The summed E-state index contributed by atoms with van der Waals surface area (Å²) >= 11 is 6.00. The third-order valence-corrected chi connectivity index (χ3v) is 4.31. The number of benzene rings is 1. The van der Waals surface area contributed by atoms with Crippen molar-refractivity contribution in [3.05, 3.63) is 34.3 Å². The number of hydrogen-bond acceptors (Lipinski definition) is 3. The number of nitrogens with zero attached hydrogens (tertiary/aromatic N) is 1. The molecule has 0 amide bonds. The summed E-state index contributed by atoms with van der Waals surface area (Å²) in [6.07, 6.45) is 2.47. The second kappa shape index (κ2) is 8.20. The minimum atomic E-state index is 0. The molecule has 0 aliphatic carbocycles. The first-order chi connectivity index (χ1) is 9.13. The first kappa shape index (κ1) is 17.7. The average molecular weight is 319 g/mol. The molecular formula is C15H24Cl2N2O. The number of hydrogen-bond donors (Lipinski definition) is 1. The van der Waals surface area contributed by atoms with Gasteiger partial charge in [-0.25, -0.2) is 0 Å². The highest BCUT2D eigenvalue weighted by atomic mass is 35.5. The average Bonchev–Trinajstić information content (AvgIpc) is 2.42. The van der Waals surface area contributed by atoms with Crippen LogP contribution in [0.15, 0.2) is 18.2 Å². The molecule has 20 heavy (non-hydrogen) atoms. The number of piperidine rings is 1. The molecule has 1 aliphatic rings. The summed E-state index contributed by atoms with van der Waals surface area (Å²) in [6, 6.07) is 6.52. The maximum absolute atomic E-state index is 6.00. The molecule has 0 aromatic heterocycles. The lowest BCUT2D eigenvalue weighted by atomic mass is 9.97. The van der Waals surface area contributed by atoms with Crippen molar-refractivity contribution in [3.63, 3.8) is 0 Å². The molecule has 2 unspecified atom stereocenters. The van der Waals surface area contributed by atoms with Crippen LogP contribution in [0.2, 0.25) is 5.02 Å². The zero-order chi connectivity index (χ0) is 13.8. The fourth-order valence-electron chi connectivity index (χ4n) is 2.79. The second-order valence-electron chi connectivity index (χ2n) is 5.31. The molecule has 3 nitrogen and oxygen atoms in total. The van der Waals surface area contributed by atoms with Crippen LogP contribution in [0.25, 0.3) is 0 Å². The molecule has 0 saturated carbocycles. The van der Waals surface area contributed by atoms with Gasteiger partial charge in [-0.2, -0.15) is 0 Å². The van der Waals surface area contributed by atoms with E-state index in [1.54, 1.807) is 7.11 Å². The number of methoxy groups -OCH3 is 1. The predicted octanol–water partition coefficient (Wildman–Crippen LogP) is 3.01. The summed E-state index contributed by atoms with van der Waals surface area (Å²) in [5.74, 6) is 0. The van der Waals surface area contributed by atoms with Crippen molar-refractivity contribution in [1.82, 2.24) is 4.90 Å². The molecule has 0 radical (unpaired) electrons. The Bertz CT molecular complexity index is 428. The van der Waals surface area contributed by atoms with E-state index in [9.17, 15) is 0 Å². The fraction of sp³-hybridized carbons (Fsp3) is 0.600. The van der Waals surface area contributed by atoms with Gasteiger partial charge in [-0.1, -0.05) is 17.7 Å². The molecule has 0 bridgehead atoms. The van der Waals surface area contributed by atoms with Gasteiger partial charge in [0, 0.05) is 37.8 Å². The Hall–Kier alpha value is -0.320. The van der Waals surface area contributed by atoms with Crippen LogP contribution in [0.1, 0.15) is 24.0 Å². The van der Waals surface area contributed by atoms with E-state index in [2.05, 4.69) is 17.9 Å². The Morgan fingerprint density at radius 3 is 2.80 bits per heavy atom. The molecular weight excluding hydrogens is 295 g/mol. The highest BCUT2D eigenvalue weighted by Crippen LogP contribution is 2.23. The molecule has 2 N–H and O–H groups in total. The molecule has 5 heteroatoms. The van der Waals surface area contributed by atoms with Crippen LogP contribution in [0, 0.1) is 6.92 Å². The van der Waals surface area contributed by atoms with Crippen LogP contribution in [-0.2, 0) is 11.3 Å². The summed E-state index contributed by atoms with van der Waals surface area (Å²) in [7, 11) is 1.79. The van der Waals surface area contributed by atoms with Crippen molar-refractivity contribution in [3.8, 4) is 0 Å². The fourth-order valence-corrected chi connectivity index (χ4v) is 3.01. The highest BCUT2D eigenvalue weighted by molar-refractivity contribution is 6.30. The van der Waals surface area contributed by atoms with Gasteiger partial charge in [-0.05, 0) is 43.0 Å². The van der Waals surface area contributed by atoms with Crippen molar-refractivity contribution in [1.29, 1.82) is 0 Å². The topological polar surface area (TPSA) is 38.5 Å². The van der Waals surface area contributed by atoms with Gasteiger partial charge in [0.05, 0.1) is 6.10 Å². The molecule has 114 valence electrons. The van der Waals surface area contributed by atoms with E-state index >= 15 is 0 Å². The minimum Gasteiger partial charge on any atom is -0.381 e. The minimum absolute atomic E-state index is 0. The van der Waals surface area contributed by atoms with Crippen molar-refractivity contribution >= 4 is 24.0 Å². The predicted molar refractivity (Wildman–Crippen MR) is 86.7 cm³/mol. The molecule has 1 fully saturated rings. The monoisotopic (exact) mass is 318 g/mol. The van der Waals surface area contributed by atoms with Crippen LogP contribution in [0.4, 0.5) is 0 Å². The van der Waals surface area contributed by atoms with Gasteiger partial charge in [0.15, 0.2) is 0 Å². The van der Waals surface area contributed by atoms with Gasteiger partial charge < -0.3 is 10.5 Å². The summed E-state index contributed by atoms with van der Waals surface area (Å²) in [6.45, 7) is 4.79. The van der Waals surface area contributed by atoms with E-state index in [0.29, 0.717) is 18.7 Å². The lowest BCUT2D eigenvalue weighted by Gasteiger charge is -2.38. The molecule has 2 atom stereocenters. The van der Waals surface area contributed by atoms with Crippen molar-refractivity contribution in [2.75, 3.05) is 20.2 Å². The van der Waals surface area contributed by atoms with Crippen LogP contribution >= 0.6 is 24.0 Å². The number of likely N-dealkylation sites (tertiary alicyclic amines) is 1. The van der Waals surface area contributed by atoms with Crippen LogP contribution in [-0.4, -0.2) is 37.2 Å². The normalized spacial score (nSPS) is 23.4. The van der Waals surface area contributed by atoms with Crippen LogP contribution in [0.5, 0.6) is 0 Å². The van der Waals surface area contributed by atoms with Gasteiger partial charge in [-0.3, -0.25) is 4.90 Å². The third kappa shape index (κ3) is 4.34. The zero-order valence-electron chi connectivity index (χ0n) is 12.1. The number of rotatable bonds is 4. The lowest BCUT2D eigenvalue weighted by molar-refractivity contribution is 0.0102. The van der Waals surface area contributed by atoms with Gasteiger partial charge in [0.25, 0.3) is 0 Å². The number of nitrogens with two attached hydrogens (primary N) is 1. The second-order valence-corrected chi connectivity index (χ2v) is 5.75. The Balaban J connectivity index is 0.00000200. The maximum atomic E-state index is 6.00. The van der Waals surface area contributed by atoms with Crippen molar-refractivity contribution < 1.29 is 4.74 Å². The molecule has 2 rings (SSSR count). The first-order valence-electron chi connectivity index (χ1n) is 6.86. The van der Waals surface area contributed by atoms with Crippen LogP contribution < -0.4 is 5.73 Å². The first-order valence-corrected chi connectivity index (χ1v) is 7.23. The summed E-state index contributed by atoms with van der Waals surface area (Å²) in [5.41, 5.74) is 8.49. The highest BCUT2D eigenvalue weighted by Gasteiger charge is 2.27. The largest absolute Gasteiger partial charge is 0.381 e. The molecule has 1 saturated heterocycles. The van der Waals surface area contributed by atoms with Crippen LogP contribution in [0.3, 0.4) is 0 Å². The molecule has 1 aromatic carbocycles. The van der Waals surface area contributed by atoms with E-state index in [1.165, 1.54) is 11.1 Å². The van der Waals surface area contributed by atoms with E-state index in [0.717, 1.165) is 31.0 Å². The van der Waals surface area contributed by atoms with Gasteiger partial charge in [0.1, 0.15) is 0 Å². The molecule has 1 aromatic rings. The van der Waals surface area contributed by atoms with Gasteiger partial charge in [-0.15, -0.1) is 12.4 Å². The molecule has 1 heterocycles. The Morgan fingerprint density at radius 1 is 1.45 bits per heavy atom. The van der Waals surface area contributed by atoms with E-state index < -0.39 is 0 Å². The molecule has 0 spiro atoms. The SMILES string of the molecule is COC1CCN(Cc2ccc(Cl)cc2C)C(CN)C1.Cl. The number of halogens is 2. The Labute approximate surface area is 132 Å². The Morgan fingerprint density at radius 2 is 2.20 bits per heavy atom. The quantitative estimate of drug-likeness (QED) is 0.927. The Kier molecular flexibility index (Phi) is 7.27. The summed E-state index contributed by atoms with van der Waals surface area (Å²) in [5, 5.41) is 0.801. The third-order valence-electron chi connectivity index (χ3n) is 4.07. The van der Waals surface area contributed by atoms with Gasteiger partial charge >= 0.3 is 0 Å². The van der Waals surface area contributed by atoms with Crippen molar-refractivity contribution in [2.45, 2.75) is 38.5 Å². The van der Waals surface area contributed by atoms with Gasteiger partial charge in [0.2, 0.25) is 0 Å².